The van der Waals surface area contributed by atoms with Crippen molar-refractivity contribution in [1.82, 2.24) is 15.1 Å². The van der Waals surface area contributed by atoms with Crippen LogP contribution in [0.3, 0.4) is 0 Å². The third-order valence-electron chi connectivity index (χ3n) is 3.42. The fourth-order valence-electron chi connectivity index (χ4n) is 2.07. The average molecular weight is 345 g/mol. The third-order valence-corrected chi connectivity index (χ3v) is 3.42. The average Bonchev–Trinajstić information content (AvgIpc) is 2.62. The van der Waals surface area contributed by atoms with Crippen LogP contribution in [-0.4, -0.2) is 62.4 Å². The molecule has 8 nitrogen and oxygen atoms in total. The zero-order chi connectivity index (χ0) is 18.2. The highest BCUT2D eigenvalue weighted by molar-refractivity contribution is 6.04. The lowest BCUT2D eigenvalue weighted by Gasteiger charge is -2.11. The maximum Gasteiger partial charge on any atom is 0.257 e. The second-order valence-electron chi connectivity index (χ2n) is 5.56. The van der Waals surface area contributed by atoms with Crippen LogP contribution in [0.25, 0.3) is 0 Å². The second-order valence-corrected chi connectivity index (χ2v) is 5.56. The Morgan fingerprint density at radius 1 is 1.04 bits per heavy atom. The minimum Gasteiger partial charge on any atom is -0.493 e. The van der Waals surface area contributed by atoms with Crippen LogP contribution in [-0.2, 0) is 0 Å². The zero-order valence-corrected chi connectivity index (χ0v) is 14.9. The van der Waals surface area contributed by atoms with Crippen LogP contribution in [0.2, 0.25) is 0 Å². The number of likely N-dealkylation sites (N-methyl/N-ethyl adjacent to an activating group) is 1. The monoisotopic (exact) mass is 345 g/mol. The number of aromatic nitrogens is 2. The van der Waals surface area contributed by atoms with Gasteiger partial charge in [0.05, 0.1) is 14.2 Å². The maximum atomic E-state index is 12.3. The van der Waals surface area contributed by atoms with E-state index in [4.69, 9.17) is 9.47 Å². The Kier molecular flexibility index (Phi) is 6.53. The summed E-state index contributed by atoms with van der Waals surface area (Å²) in [4.78, 5) is 14.4. The molecule has 1 amide bonds. The van der Waals surface area contributed by atoms with E-state index in [1.54, 1.807) is 37.4 Å². The highest BCUT2D eigenvalue weighted by Gasteiger charge is 2.11. The molecule has 1 heterocycles. The Bertz CT molecular complexity index is 704. The molecule has 0 unspecified atom stereocenters. The van der Waals surface area contributed by atoms with Gasteiger partial charge in [0.1, 0.15) is 5.82 Å². The van der Waals surface area contributed by atoms with Crippen molar-refractivity contribution in [3.8, 4) is 11.5 Å². The van der Waals surface area contributed by atoms with E-state index in [-0.39, 0.29) is 5.91 Å². The molecule has 25 heavy (non-hydrogen) atoms. The van der Waals surface area contributed by atoms with Gasteiger partial charge in [-0.25, -0.2) is 0 Å². The first-order chi connectivity index (χ1) is 12.0. The number of carbonyl (C=O) groups is 1. The first-order valence-corrected chi connectivity index (χ1v) is 7.79. The van der Waals surface area contributed by atoms with Crippen molar-refractivity contribution in [2.24, 2.45) is 0 Å². The van der Waals surface area contributed by atoms with Crippen molar-refractivity contribution in [2.45, 2.75) is 0 Å². The number of benzene rings is 1. The molecule has 0 aliphatic carbocycles. The van der Waals surface area contributed by atoms with Crippen LogP contribution in [0, 0.1) is 0 Å². The quantitative estimate of drug-likeness (QED) is 0.753. The molecule has 0 bridgehead atoms. The normalized spacial score (nSPS) is 10.4. The summed E-state index contributed by atoms with van der Waals surface area (Å²) in [6, 6.07) is 8.41. The molecule has 0 spiro atoms. The van der Waals surface area contributed by atoms with Gasteiger partial charge in [-0.3, -0.25) is 4.79 Å². The van der Waals surface area contributed by atoms with Crippen molar-refractivity contribution in [1.29, 1.82) is 0 Å². The molecule has 134 valence electrons. The predicted octanol–water partition coefficient (Wildman–Crippen LogP) is 1.72. The van der Waals surface area contributed by atoms with E-state index in [9.17, 15) is 4.79 Å². The minimum atomic E-state index is -0.302. The number of rotatable bonds is 8. The summed E-state index contributed by atoms with van der Waals surface area (Å²) in [6.45, 7) is 1.65. The van der Waals surface area contributed by atoms with Crippen molar-refractivity contribution < 1.29 is 14.3 Å². The number of nitrogens with zero attached hydrogens (tertiary/aromatic N) is 3. The number of hydrogen-bond acceptors (Lipinski definition) is 7. The van der Waals surface area contributed by atoms with Crippen LogP contribution in [0.5, 0.6) is 11.5 Å². The van der Waals surface area contributed by atoms with Gasteiger partial charge in [0.2, 0.25) is 0 Å². The first-order valence-electron chi connectivity index (χ1n) is 7.79. The second kappa shape index (κ2) is 8.84. The summed E-state index contributed by atoms with van der Waals surface area (Å²) < 4.78 is 10.4. The predicted molar refractivity (Wildman–Crippen MR) is 96.6 cm³/mol. The molecule has 8 heteroatoms. The van der Waals surface area contributed by atoms with Crippen LogP contribution in [0.4, 0.5) is 11.6 Å². The SMILES string of the molecule is COc1ccc(C(=O)Nc2ccc(NCCN(C)C)nn2)cc1OC. The molecule has 0 aliphatic heterocycles. The van der Waals surface area contributed by atoms with Gasteiger partial charge < -0.3 is 25.0 Å². The molecule has 0 aliphatic rings. The van der Waals surface area contributed by atoms with Gasteiger partial charge in [-0.15, -0.1) is 10.2 Å². The van der Waals surface area contributed by atoms with Gasteiger partial charge in [0.25, 0.3) is 5.91 Å². The summed E-state index contributed by atoms with van der Waals surface area (Å²) in [6.07, 6.45) is 0. The Balaban J connectivity index is 1.98. The van der Waals surface area contributed by atoms with Crippen LogP contribution < -0.4 is 20.1 Å². The van der Waals surface area contributed by atoms with Crippen LogP contribution in [0.1, 0.15) is 10.4 Å². The van der Waals surface area contributed by atoms with Crippen molar-refractivity contribution >= 4 is 17.5 Å². The Hall–Kier alpha value is -2.87. The van der Waals surface area contributed by atoms with E-state index in [0.29, 0.717) is 28.7 Å². The standard InChI is InChI=1S/C17H23N5O3/c1-22(2)10-9-18-15-7-8-16(21-20-15)19-17(23)12-5-6-13(24-3)14(11-12)25-4/h5-8,11H,9-10H2,1-4H3,(H,18,20)(H,19,21,23). The smallest absolute Gasteiger partial charge is 0.257 e. The summed E-state index contributed by atoms with van der Waals surface area (Å²) >= 11 is 0. The van der Waals surface area contributed by atoms with E-state index < -0.39 is 0 Å². The first kappa shape index (κ1) is 18.5. The lowest BCUT2D eigenvalue weighted by Crippen LogP contribution is -2.21. The highest BCUT2D eigenvalue weighted by Crippen LogP contribution is 2.27. The van der Waals surface area contributed by atoms with Crippen LogP contribution in [0.15, 0.2) is 30.3 Å². The molecule has 0 radical (unpaired) electrons. The van der Waals surface area contributed by atoms with Gasteiger partial charge in [-0.1, -0.05) is 0 Å². The van der Waals surface area contributed by atoms with Crippen molar-refractivity contribution in [3.63, 3.8) is 0 Å². The fraction of sp³-hybridized carbons (Fsp3) is 0.353. The molecule has 1 aromatic carbocycles. The summed E-state index contributed by atoms with van der Waals surface area (Å²) in [5.74, 6) is 1.78. The Morgan fingerprint density at radius 3 is 2.32 bits per heavy atom. The van der Waals surface area contributed by atoms with E-state index in [1.807, 2.05) is 14.1 Å². The molecule has 0 saturated carbocycles. The highest BCUT2D eigenvalue weighted by atomic mass is 16.5. The van der Waals surface area contributed by atoms with Crippen LogP contribution >= 0.6 is 0 Å². The van der Waals surface area contributed by atoms with Gasteiger partial charge in [0, 0.05) is 18.7 Å². The molecule has 0 fully saturated rings. The van der Waals surface area contributed by atoms with Gasteiger partial charge in [0.15, 0.2) is 17.3 Å². The lowest BCUT2D eigenvalue weighted by atomic mass is 10.2. The molecule has 1 aromatic heterocycles. The maximum absolute atomic E-state index is 12.3. The van der Waals surface area contributed by atoms with Gasteiger partial charge in [-0.05, 0) is 44.4 Å². The Morgan fingerprint density at radius 2 is 1.72 bits per heavy atom. The van der Waals surface area contributed by atoms with E-state index in [2.05, 4.69) is 25.7 Å². The molecule has 2 rings (SSSR count). The number of nitrogens with one attached hydrogen (secondary N) is 2. The summed E-state index contributed by atoms with van der Waals surface area (Å²) in [5.41, 5.74) is 0.438. The molecular weight excluding hydrogens is 322 g/mol. The third kappa shape index (κ3) is 5.32. The number of amides is 1. The molecule has 2 N–H and O–H groups in total. The molecule has 0 saturated heterocycles. The fourth-order valence-corrected chi connectivity index (χ4v) is 2.07. The summed E-state index contributed by atoms with van der Waals surface area (Å²) in [5, 5.41) is 13.9. The lowest BCUT2D eigenvalue weighted by molar-refractivity contribution is 0.102. The number of hydrogen-bond donors (Lipinski definition) is 2. The van der Waals surface area contributed by atoms with E-state index in [1.165, 1.54) is 7.11 Å². The molecule has 0 atom stereocenters. The van der Waals surface area contributed by atoms with Crippen molar-refractivity contribution in [3.05, 3.63) is 35.9 Å². The zero-order valence-electron chi connectivity index (χ0n) is 14.9. The number of ether oxygens (including phenoxy) is 2. The van der Waals surface area contributed by atoms with Gasteiger partial charge >= 0.3 is 0 Å². The largest absolute Gasteiger partial charge is 0.493 e. The Labute approximate surface area is 147 Å². The topological polar surface area (TPSA) is 88.6 Å². The number of carbonyl (C=O) groups excluding carboxylic acids is 1. The molecular formula is C17H23N5O3. The van der Waals surface area contributed by atoms with E-state index in [0.717, 1.165) is 13.1 Å². The van der Waals surface area contributed by atoms with Crippen molar-refractivity contribution in [2.75, 3.05) is 52.0 Å². The molecule has 2 aromatic rings. The number of anilines is 2. The number of methoxy groups -OCH3 is 2. The van der Waals surface area contributed by atoms with Gasteiger partial charge in [-0.2, -0.15) is 0 Å². The summed E-state index contributed by atoms with van der Waals surface area (Å²) in [7, 11) is 7.06. The minimum absolute atomic E-state index is 0.302. The van der Waals surface area contributed by atoms with E-state index >= 15 is 0 Å².